The second kappa shape index (κ2) is 8.43. The van der Waals surface area contributed by atoms with Gasteiger partial charge in [0, 0.05) is 25.3 Å². The summed E-state index contributed by atoms with van der Waals surface area (Å²) in [7, 11) is -3.42. The lowest BCUT2D eigenvalue weighted by Crippen LogP contribution is -2.35. The minimum Gasteiger partial charge on any atom is -0.389 e. The molecule has 0 heterocycles. The van der Waals surface area contributed by atoms with Crippen molar-refractivity contribution in [2.45, 2.75) is 19.6 Å². The van der Waals surface area contributed by atoms with Gasteiger partial charge in [-0.1, -0.05) is 43.4 Å². The number of benzene rings is 1. The van der Waals surface area contributed by atoms with E-state index in [1.165, 1.54) is 4.31 Å². The monoisotopic (exact) mass is 330 g/mol. The Bertz CT molecular complexity index is 573. The molecule has 0 atom stereocenters. The van der Waals surface area contributed by atoms with Gasteiger partial charge in [0.05, 0.1) is 12.4 Å². The van der Waals surface area contributed by atoms with Crippen LogP contribution in [0.3, 0.4) is 0 Å². The second-order valence-corrected chi connectivity index (χ2v) is 6.87. The van der Waals surface area contributed by atoms with Crippen molar-refractivity contribution in [3.63, 3.8) is 0 Å². The zero-order chi connectivity index (χ0) is 15.9. The maximum Gasteiger partial charge on any atom is 0.218 e. The van der Waals surface area contributed by atoms with Crippen LogP contribution in [-0.2, 0) is 20.5 Å². The van der Waals surface area contributed by atoms with Crippen molar-refractivity contribution in [2.24, 2.45) is 5.73 Å². The molecule has 0 radical (unpaired) electrons. The molecule has 0 aliphatic heterocycles. The maximum absolute atomic E-state index is 12.5. The van der Waals surface area contributed by atoms with E-state index >= 15 is 0 Å². The molecule has 1 aromatic rings. The van der Waals surface area contributed by atoms with Crippen LogP contribution in [0.15, 0.2) is 24.3 Å². The highest BCUT2D eigenvalue weighted by Gasteiger charge is 2.22. The molecule has 0 saturated heterocycles. The Morgan fingerprint density at radius 1 is 1.33 bits per heavy atom. The molecular weight excluding hydrogens is 308 g/mol. The molecule has 0 fully saturated rings. The molecule has 0 aromatic heterocycles. The Kier molecular flexibility index (Phi) is 7.24. The molecule has 0 saturated carbocycles. The van der Waals surface area contributed by atoms with Crippen molar-refractivity contribution in [2.75, 3.05) is 26.3 Å². The summed E-state index contributed by atoms with van der Waals surface area (Å²) >= 11 is 4.97. The molecule has 118 valence electrons. The summed E-state index contributed by atoms with van der Waals surface area (Å²) in [5.74, 6) is -0.111. The third kappa shape index (κ3) is 5.35. The normalized spacial score (nSPS) is 11.8. The zero-order valence-corrected chi connectivity index (χ0v) is 14.0. The lowest BCUT2D eigenvalue weighted by Gasteiger charge is -2.21. The molecule has 21 heavy (non-hydrogen) atoms. The van der Waals surface area contributed by atoms with Crippen molar-refractivity contribution in [3.8, 4) is 0 Å². The summed E-state index contributed by atoms with van der Waals surface area (Å²) in [6.07, 6.45) is 0. The van der Waals surface area contributed by atoms with Gasteiger partial charge in [-0.2, -0.15) is 4.31 Å². The van der Waals surface area contributed by atoms with Crippen LogP contribution < -0.4 is 5.73 Å². The molecule has 0 bridgehead atoms. The fraction of sp³-hybridized carbons (Fsp3) is 0.500. The molecule has 7 heteroatoms. The van der Waals surface area contributed by atoms with E-state index in [2.05, 4.69) is 0 Å². The van der Waals surface area contributed by atoms with Gasteiger partial charge in [0.25, 0.3) is 0 Å². The Morgan fingerprint density at radius 2 is 2.00 bits per heavy atom. The Hall–Kier alpha value is -1.02. The molecule has 0 amide bonds. The van der Waals surface area contributed by atoms with Crippen molar-refractivity contribution >= 4 is 27.2 Å². The lowest BCUT2D eigenvalue weighted by molar-refractivity contribution is 0.135. The van der Waals surface area contributed by atoms with E-state index in [-0.39, 0.29) is 10.7 Å². The van der Waals surface area contributed by atoms with Gasteiger partial charge < -0.3 is 10.5 Å². The van der Waals surface area contributed by atoms with Crippen LogP contribution in [0, 0.1) is 0 Å². The molecule has 5 nitrogen and oxygen atoms in total. The van der Waals surface area contributed by atoms with Crippen LogP contribution in [0.1, 0.15) is 25.0 Å². The number of nitrogens with zero attached hydrogens (tertiary/aromatic N) is 1. The summed E-state index contributed by atoms with van der Waals surface area (Å²) in [6, 6.07) is 7.05. The topological polar surface area (TPSA) is 72.6 Å². The standard InChI is InChI=1S/C14H22N2O3S2/c1-3-16(9-10-19-4-2)21(17,18)11-12-7-5-6-8-13(12)14(15)20/h5-8H,3-4,9-11H2,1-2H3,(H2,15,20). The number of nitrogens with two attached hydrogens (primary N) is 1. The van der Waals surface area contributed by atoms with E-state index in [1.807, 2.05) is 13.8 Å². The average molecular weight is 330 g/mol. The second-order valence-electron chi connectivity index (χ2n) is 4.47. The highest BCUT2D eigenvalue weighted by atomic mass is 32.2. The summed E-state index contributed by atoms with van der Waals surface area (Å²) in [5, 5.41) is 0. The fourth-order valence-electron chi connectivity index (χ4n) is 1.98. The maximum atomic E-state index is 12.5. The van der Waals surface area contributed by atoms with Crippen LogP contribution in [0.2, 0.25) is 0 Å². The van der Waals surface area contributed by atoms with Crippen molar-refractivity contribution in [1.29, 1.82) is 0 Å². The first kappa shape index (κ1) is 18.0. The number of hydrogen-bond donors (Lipinski definition) is 1. The summed E-state index contributed by atoms with van der Waals surface area (Å²) in [5.41, 5.74) is 6.88. The molecule has 0 aliphatic rings. The van der Waals surface area contributed by atoms with Gasteiger partial charge in [0.1, 0.15) is 4.99 Å². The first-order chi connectivity index (χ1) is 9.92. The van der Waals surface area contributed by atoms with Crippen molar-refractivity contribution in [1.82, 2.24) is 4.31 Å². The number of sulfonamides is 1. The summed E-state index contributed by atoms with van der Waals surface area (Å²) in [6.45, 7) is 5.40. The highest BCUT2D eigenvalue weighted by Crippen LogP contribution is 2.15. The molecular formula is C14H22N2O3S2. The van der Waals surface area contributed by atoms with E-state index in [0.29, 0.717) is 37.4 Å². The molecule has 0 unspecified atom stereocenters. The van der Waals surface area contributed by atoms with Crippen LogP contribution in [0.25, 0.3) is 0 Å². The highest BCUT2D eigenvalue weighted by molar-refractivity contribution is 7.88. The summed E-state index contributed by atoms with van der Waals surface area (Å²) in [4.78, 5) is 0.207. The number of likely N-dealkylation sites (N-methyl/N-ethyl adjacent to an activating group) is 1. The van der Waals surface area contributed by atoms with E-state index in [1.54, 1.807) is 24.3 Å². The molecule has 1 aromatic carbocycles. The van der Waals surface area contributed by atoms with E-state index in [9.17, 15) is 8.42 Å². The van der Waals surface area contributed by atoms with Crippen molar-refractivity contribution in [3.05, 3.63) is 35.4 Å². The van der Waals surface area contributed by atoms with E-state index < -0.39 is 10.0 Å². The summed E-state index contributed by atoms with van der Waals surface area (Å²) < 4.78 is 31.6. The van der Waals surface area contributed by atoms with Crippen LogP contribution in [0.4, 0.5) is 0 Å². The first-order valence-corrected chi connectivity index (χ1v) is 8.87. The molecule has 0 aliphatic carbocycles. The Morgan fingerprint density at radius 3 is 2.57 bits per heavy atom. The Labute approximate surface area is 132 Å². The van der Waals surface area contributed by atoms with Gasteiger partial charge in [-0.3, -0.25) is 0 Å². The SMILES string of the molecule is CCOCCN(CC)S(=O)(=O)Cc1ccccc1C(N)=S. The zero-order valence-electron chi connectivity index (χ0n) is 12.4. The van der Waals surface area contributed by atoms with Crippen LogP contribution in [0.5, 0.6) is 0 Å². The Balaban J connectivity index is 2.91. The van der Waals surface area contributed by atoms with Gasteiger partial charge in [0.2, 0.25) is 10.0 Å². The smallest absolute Gasteiger partial charge is 0.218 e. The third-order valence-corrected chi connectivity index (χ3v) is 5.18. The number of ether oxygens (including phenoxy) is 1. The van der Waals surface area contributed by atoms with Gasteiger partial charge >= 0.3 is 0 Å². The number of hydrogen-bond acceptors (Lipinski definition) is 4. The van der Waals surface area contributed by atoms with Crippen molar-refractivity contribution < 1.29 is 13.2 Å². The van der Waals surface area contributed by atoms with Crippen LogP contribution in [-0.4, -0.2) is 44.0 Å². The first-order valence-electron chi connectivity index (χ1n) is 6.85. The number of thiocarbonyl (C=S) groups is 1. The quantitative estimate of drug-likeness (QED) is 0.549. The largest absolute Gasteiger partial charge is 0.389 e. The molecule has 0 spiro atoms. The predicted molar refractivity (Wildman–Crippen MR) is 88.7 cm³/mol. The van der Waals surface area contributed by atoms with Crippen LogP contribution >= 0.6 is 12.2 Å². The lowest BCUT2D eigenvalue weighted by atomic mass is 10.1. The van der Waals surface area contributed by atoms with Gasteiger partial charge in [-0.15, -0.1) is 0 Å². The molecule has 2 N–H and O–H groups in total. The van der Waals surface area contributed by atoms with Gasteiger partial charge in [0.15, 0.2) is 0 Å². The third-order valence-electron chi connectivity index (χ3n) is 3.06. The van der Waals surface area contributed by atoms with Gasteiger partial charge in [-0.05, 0) is 12.5 Å². The fourth-order valence-corrected chi connectivity index (χ4v) is 3.75. The van der Waals surface area contributed by atoms with E-state index in [0.717, 1.165) is 0 Å². The number of rotatable bonds is 9. The molecule has 1 rings (SSSR count). The van der Waals surface area contributed by atoms with Gasteiger partial charge in [-0.25, -0.2) is 8.42 Å². The average Bonchev–Trinajstić information content (AvgIpc) is 2.43. The minimum absolute atomic E-state index is 0.111. The minimum atomic E-state index is -3.42. The van der Waals surface area contributed by atoms with E-state index in [4.69, 9.17) is 22.7 Å². The predicted octanol–water partition coefficient (Wildman–Crippen LogP) is 1.51.